The summed E-state index contributed by atoms with van der Waals surface area (Å²) in [5, 5.41) is 9.14. The minimum atomic E-state index is -0.796. The number of ether oxygens (including phenoxy) is 2. The Balaban J connectivity index is 1.58. The maximum Gasteiger partial charge on any atom is 0.247 e. The molecule has 3 N–H and O–H groups in total. The van der Waals surface area contributed by atoms with Gasteiger partial charge in [-0.2, -0.15) is 4.98 Å². The number of carbonyl (C=O) groups excluding carboxylic acids is 1. The number of nitrogens with one attached hydrogen (secondary N) is 3. The van der Waals surface area contributed by atoms with Gasteiger partial charge in [-0.25, -0.2) is 13.8 Å². The number of likely N-dealkylation sites (N-methyl/N-ethyl adjacent to an activating group) is 2. The third kappa shape index (κ3) is 6.83. The molecular formula is C28H31F2N7O3. The van der Waals surface area contributed by atoms with Crippen LogP contribution in [-0.4, -0.2) is 68.7 Å². The first-order valence-corrected chi connectivity index (χ1v) is 12.4. The van der Waals surface area contributed by atoms with Crippen molar-refractivity contribution in [3.05, 3.63) is 72.1 Å². The molecular weight excluding hydrogens is 520 g/mol. The van der Waals surface area contributed by atoms with Crippen LogP contribution in [0.5, 0.6) is 11.5 Å². The van der Waals surface area contributed by atoms with Crippen LogP contribution in [0.1, 0.15) is 5.56 Å². The summed E-state index contributed by atoms with van der Waals surface area (Å²) >= 11 is 0. The SMILES string of the molecule is C=CC(=O)Nc1cc(Nc2ncc3c(n2)NCC(Oc2ccc(F)cc2F)=C3)c(OC)cc1N(C)CCN(C)C. The van der Waals surface area contributed by atoms with E-state index in [1.165, 1.54) is 12.1 Å². The van der Waals surface area contributed by atoms with E-state index in [1.54, 1.807) is 25.4 Å². The van der Waals surface area contributed by atoms with E-state index in [0.717, 1.165) is 24.4 Å². The van der Waals surface area contributed by atoms with Crippen LogP contribution in [-0.2, 0) is 4.79 Å². The maximum atomic E-state index is 14.0. The second-order valence-corrected chi connectivity index (χ2v) is 9.25. The molecule has 10 nitrogen and oxygen atoms in total. The molecule has 0 radical (unpaired) electrons. The number of fused-ring (bicyclic) bond motifs is 1. The first-order chi connectivity index (χ1) is 19.2. The zero-order chi connectivity index (χ0) is 28.8. The van der Waals surface area contributed by atoms with Crippen molar-refractivity contribution in [2.45, 2.75) is 0 Å². The van der Waals surface area contributed by atoms with Gasteiger partial charge in [0.25, 0.3) is 0 Å². The van der Waals surface area contributed by atoms with Gasteiger partial charge in [-0.3, -0.25) is 4.79 Å². The van der Waals surface area contributed by atoms with E-state index in [9.17, 15) is 13.6 Å². The van der Waals surface area contributed by atoms with Crippen molar-refractivity contribution in [2.75, 3.05) is 68.7 Å². The standard InChI is InChI=1S/C28H31F2N7O3/c1-6-26(38)33-21-13-22(25(39-5)14-23(21)37(4)10-9-36(2)3)34-28-32-15-17-11-19(16-31-27(17)35-28)40-24-8-7-18(29)12-20(24)30/h6-8,11-15H,1,9-10,16H2,2-5H3,(H,33,38)(H2,31,32,34,35). The van der Waals surface area contributed by atoms with Crippen LogP contribution in [0.15, 0.2) is 54.9 Å². The molecule has 0 unspecified atom stereocenters. The molecule has 1 aliphatic rings. The molecule has 0 spiro atoms. The number of aromatic nitrogens is 2. The van der Waals surface area contributed by atoms with Crippen LogP contribution in [0, 0.1) is 11.6 Å². The van der Waals surface area contributed by atoms with E-state index in [-0.39, 0.29) is 24.1 Å². The lowest BCUT2D eigenvalue weighted by Crippen LogP contribution is -2.29. The van der Waals surface area contributed by atoms with E-state index in [4.69, 9.17) is 9.47 Å². The first-order valence-electron chi connectivity index (χ1n) is 12.4. The van der Waals surface area contributed by atoms with Crippen molar-refractivity contribution >= 4 is 40.8 Å². The quantitative estimate of drug-likeness (QED) is 0.298. The Kier molecular flexibility index (Phi) is 8.80. The van der Waals surface area contributed by atoms with Crippen LogP contribution in [0.3, 0.4) is 0 Å². The van der Waals surface area contributed by atoms with Gasteiger partial charge >= 0.3 is 0 Å². The highest BCUT2D eigenvalue weighted by Gasteiger charge is 2.19. The molecule has 0 aliphatic carbocycles. The Bertz CT molecular complexity index is 1450. The molecule has 0 saturated carbocycles. The second kappa shape index (κ2) is 12.4. The molecule has 1 aromatic heterocycles. The zero-order valence-electron chi connectivity index (χ0n) is 22.7. The summed E-state index contributed by atoms with van der Waals surface area (Å²) in [6.45, 7) is 5.30. The van der Waals surface area contributed by atoms with Gasteiger partial charge in [0.1, 0.15) is 23.1 Å². The van der Waals surface area contributed by atoms with Crippen molar-refractivity contribution in [3.63, 3.8) is 0 Å². The lowest BCUT2D eigenvalue weighted by molar-refractivity contribution is -0.111. The average Bonchev–Trinajstić information content (AvgIpc) is 2.93. The molecule has 0 atom stereocenters. The van der Waals surface area contributed by atoms with Gasteiger partial charge in [-0.15, -0.1) is 0 Å². The third-order valence-corrected chi connectivity index (χ3v) is 6.00. The Morgan fingerprint density at radius 1 is 1.15 bits per heavy atom. The molecule has 12 heteroatoms. The Labute approximate surface area is 231 Å². The molecule has 4 rings (SSSR count). The van der Waals surface area contributed by atoms with Crippen LogP contribution >= 0.6 is 0 Å². The van der Waals surface area contributed by atoms with Gasteiger partial charge in [0.05, 0.1) is 30.7 Å². The van der Waals surface area contributed by atoms with E-state index in [2.05, 4.69) is 37.4 Å². The normalized spacial score (nSPS) is 12.1. The molecule has 0 fully saturated rings. The van der Waals surface area contributed by atoms with Crippen LogP contribution in [0.4, 0.5) is 37.6 Å². The summed E-state index contributed by atoms with van der Waals surface area (Å²) in [6, 6.07) is 6.70. The number of anilines is 5. The predicted octanol–water partition coefficient (Wildman–Crippen LogP) is 4.47. The highest BCUT2D eigenvalue weighted by molar-refractivity contribution is 6.02. The summed E-state index contributed by atoms with van der Waals surface area (Å²) in [6.07, 6.45) is 4.47. The molecule has 40 heavy (non-hydrogen) atoms. The van der Waals surface area contributed by atoms with E-state index < -0.39 is 11.6 Å². The Morgan fingerprint density at radius 3 is 2.65 bits per heavy atom. The van der Waals surface area contributed by atoms with Gasteiger partial charge in [0.15, 0.2) is 11.6 Å². The summed E-state index contributed by atoms with van der Waals surface area (Å²) < 4.78 is 38.4. The minimum Gasteiger partial charge on any atom is -0.494 e. The van der Waals surface area contributed by atoms with Crippen LogP contribution < -0.4 is 30.3 Å². The van der Waals surface area contributed by atoms with Gasteiger partial charge in [0, 0.05) is 44.0 Å². The molecule has 210 valence electrons. The predicted molar refractivity (Wildman–Crippen MR) is 152 cm³/mol. The molecule has 1 amide bonds. The van der Waals surface area contributed by atoms with Crippen molar-refractivity contribution in [1.29, 1.82) is 0 Å². The summed E-state index contributed by atoms with van der Waals surface area (Å²) in [4.78, 5) is 25.2. The number of halogens is 2. The van der Waals surface area contributed by atoms with Crippen molar-refractivity contribution < 1.29 is 23.0 Å². The Morgan fingerprint density at radius 2 is 1.95 bits per heavy atom. The first kappa shape index (κ1) is 28.3. The number of benzene rings is 2. The van der Waals surface area contributed by atoms with Crippen LogP contribution in [0.25, 0.3) is 6.08 Å². The van der Waals surface area contributed by atoms with Crippen molar-refractivity contribution in [3.8, 4) is 11.5 Å². The minimum absolute atomic E-state index is 0.0839. The number of nitrogens with zero attached hydrogens (tertiary/aromatic N) is 4. The smallest absolute Gasteiger partial charge is 0.247 e. The monoisotopic (exact) mass is 551 g/mol. The topological polar surface area (TPSA) is 104 Å². The molecule has 2 heterocycles. The van der Waals surface area contributed by atoms with Crippen molar-refractivity contribution in [2.24, 2.45) is 0 Å². The number of hydrogen-bond donors (Lipinski definition) is 3. The summed E-state index contributed by atoms with van der Waals surface area (Å²) in [5.41, 5.74) is 2.48. The van der Waals surface area contributed by atoms with E-state index in [1.807, 2.05) is 32.1 Å². The van der Waals surface area contributed by atoms with Crippen LogP contribution in [0.2, 0.25) is 0 Å². The number of rotatable bonds is 11. The third-order valence-electron chi connectivity index (χ3n) is 6.00. The van der Waals surface area contributed by atoms with Gasteiger partial charge in [-0.05, 0) is 44.4 Å². The lowest BCUT2D eigenvalue weighted by Gasteiger charge is -2.26. The number of methoxy groups -OCH3 is 1. The van der Waals surface area contributed by atoms with Gasteiger partial charge < -0.3 is 35.2 Å². The average molecular weight is 552 g/mol. The molecule has 0 saturated heterocycles. The fourth-order valence-corrected chi connectivity index (χ4v) is 3.88. The largest absolute Gasteiger partial charge is 0.494 e. The fourth-order valence-electron chi connectivity index (χ4n) is 3.88. The van der Waals surface area contributed by atoms with Gasteiger partial charge in [0.2, 0.25) is 11.9 Å². The molecule has 0 bridgehead atoms. The maximum absolute atomic E-state index is 14.0. The zero-order valence-corrected chi connectivity index (χ0v) is 22.7. The highest BCUT2D eigenvalue weighted by atomic mass is 19.1. The van der Waals surface area contributed by atoms with E-state index in [0.29, 0.717) is 40.8 Å². The summed E-state index contributed by atoms with van der Waals surface area (Å²) in [7, 11) is 7.47. The second-order valence-electron chi connectivity index (χ2n) is 9.25. The highest BCUT2D eigenvalue weighted by Crippen LogP contribution is 2.38. The molecule has 3 aromatic rings. The number of hydrogen-bond acceptors (Lipinski definition) is 9. The number of amides is 1. The lowest BCUT2D eigenvalue weighted by atomic mass is 10.2. The Hall–Kier alpha value is -4.71. The van der Waals surface area contributed by atoms with Crippen molar-refractivity contribution in [1.82, 2.24) is 14.9 Å². The fraction of sp³-hybridized carbons (Fsp3) is 0.250. The van der Waals surface area contributed by atoms with E-state index >= 15 is 0 Å². The molecule has 2 aromatic carbocycles. The summed E-state index contributed by atoms with van der Waals surface area (Å²) in [5.74, 6) is -0.162. The number of carbonyl (C=O) groups is 1. The molecule has 1 aliphatic heterocycles. The van der Waals surface area contributed by atoms with Gasteiger partial charge in [-0.1, -0.05) is 6.58 Å².